The molecule has 1 aliphatic carbocycles. The molecular weight excluding hydrogens is 132 g/mol. The lowest BCUT2D eigenvalue weighted by Crippen LogP contribution is -1.97. The third-order valence-electron chi connectivity index (χ3n) is 1.84. The van der Waals surface area contributed by atoms with Crippen LogP contribution in [0.15, 0.2) is 11.6 Å². The zero-order chi connectivity index (χ0) is 6.69. The smallest absolute Gasteiger partial charge is 0.0542 e. The minimum Gasteiger partial charge on any atom is -0.118 e. The normalized spacial score (nSPS) is 21.8. The molecule has 52 valence electrons. The number of hydrogen-bond donors (Lipinski definition) is 0. The summed E-state index contributed by atoms with van der Waals surface area (Å²) in [6.07, 6.45) is 7.17. The van der Waals surface area contributed by atoms with Gasteiger partial charge in [0.05, 0.1) is 5.38 Å². The van der Waals surface area contributed by atoms with Crippen LogP contribution in [0.4, 0.5) is 0 Å². The van der Waals surface area contributed by atoms with E-state index in [1.165, 1.54) is 24.8 Å². The van der Waals surface area contributed by atoms with Gasteiger partial charge in [0.1, 0.15) is 0 Å². The molecule has 0 N–H and O–H groups in total. The van der Waals surface area contributed by atoms with E-state index < -0.39 is 0 Å². The summed E-state index contributed by atoms with van der Waals surface area (Å²) in [4.78, 5) is 0. The molecule has 0 radical (unpaired) electrons. The molecule has 0 aromatic carbocycles. The standard InChI is InChI=1S/C8H13Cl/c1-2-8(9)7-5-3-4-6-7/h5,8H,2-4,6H2,1H3. The largest absolute Gasteiger partial charge is 0.118 e. The summed E-state index contributed by atoms with van der Waals surface area (Å²) in [5.74, 6) is 0. The van der Waals surface area contributed by atoms with Crippen molar-refractivity contribution in [3.8, 4) is 0 Å². The Balaban J connectivity index is 2.40. The molecule has 1 aliphatic rings. The molecule has 0 aromatic rings. The molecule has 1 heteroatoms. The first kappa shape index (κ1) is 7.14. The van der Waals surface area contributed by atoms with Crippen molar-refractivity contribution in [2.45, 2.75) is 38.0 Å². The fraction of sp³-hybridized carbons (Fsp3) is 0.750. The average Bonchev–Trinajstić information content (AvgIpc) is 2.37. The molecule has 0 fully saturated rings. The maximum absolute atomic E-state index is 6.00. The third-order valence-corrected chi connectivity index (χ3v) is 2.43. The minimum atomic E-state index is 0.326. The maximum atomic E-state index is 6.00. The van der Waals surface area contributed by atoms with Crippen molar-refractivity contribution in [2.24, 2.45) is 0 Å². The summed E-state index contributed by atoms with van der Waals surface area (Å²) < 4.78 is 0. The first-order chi connectivity index (χ1) is 4.34. The lowest BCUT2D eigenvalue weighted by Gasteiger charge is -2.05. The molecule has 0 spiro atoms. The van der Waals surface area contributed by atoms with Gasteiger partial charge in [0.15, 0.2) is 0 Å². The molecule has 1 unspecified atom stereocenters. The van der Waals surface area contributed by atoms with E-state index in [0.29, 0.717) is 5.38 Å². The van der Waals surface area contributed by atoms with Gasteiger partial charge in [0.25, 0.3) is 0 Å². The zero-order valence-electron chi connectivity index (χ0n) is 5.86. The van der Waals surface area contributed by atoms with E-state index in [1.807, 2.05) is 0 Å². The molecular formula is C8H13Cl. The SMILES string of the molecule is CCC(Cl)C1=CCCC1. The Bertz CT molecular complexity index is 116. The average molecular weight is 145 g/mol. The van der Waals surface area contributed by atoms with Crippen molar-refractivity contribution in [3.63, 3.8) is 0 Å². The highest BCUT2D eigenvalue weighted by Crippen LogP contribution is 2.25. The highest BCUT2D eigenvalue weighted by Gasteiger charge is 2.11. The highest BCUT2D eigenvalue weighted by molar-refractivity contribution is 6.22. The summed E-state index contributed by atoms with van der Waals surface area (Å²) >= 11 is 6.00. The molecule has 0 aliphatic heterocycles. The van der Waals surface area contributed by atoms with Crippen LogP contribution in [0.5, 0.6) is 0 Å². The molecule has 0 nitrogen and oxygen atoms in total. The van der Waals surface area contributed by atoms with E-state index in [-0.39, 0.29) is 0 Å². The van der Waals surface area contributed by atoms with Crippen LogP contribution >= 0.6 is 11.6 Å². The maximum Gasteiger partial charge on any atom is 0.0542 e. The Morgan fingerprint density at radius 1 is 1.78 bits per heavy atom. The third kappa shape index (κ3) is 1.72. The highest BCUT2D eigenvalue weighted by atomic mass is 35.5. The van der Waals surface area contributed by atoms with Crippen LogP contribution in [-0.4, -0.2) is 5.38 Å². The number of rotatable bonds is 2. The van der Waals surface area contributed by atoms with Gasteiger partial charge in [0.2, 0.25) is 0 Å². The van der Waals surface area contributed by atoms with Crippen LogP contribution in [0, 0.1) is 0 Å². The predicted molar refractivity (Wildman–Crippen MR) is 41.9 cm³/mol. The van der Waals surface area contributed by atoms with Gasteiger partial charge in [0, 0.05) is 0 Å². The van der Waals surface area contributed by atoms with Crippen LogP contribution in [0.25, 0.3) is 0 Å². The van der Waals surface area contributed by atoms with E-state index in [0.717, 1.165) is 6.42 Å². The Labute approximate surface area is 61.9 Å². The topological polar surface area (TPSA) is 0 Å². The van der Waals surface area contributed by atoms with E-state index >= 15 is 0 Å². The van der Waals surface area contributed by atoms with Crippen molar-refractivity contribution in [3.05, 3.63) is 11.6 Å². The van der Waals surface area contributed by atoms with Crippen LogP contribution in [0.1, 0.15) is 32.6 Å². The van der Waals surface area contributed by atoms with Gasteiger partial charge in [-0.05, 0) is 25.7 Å². The van der Waals surface area contributed by atoms with Gasteiger partial charge in [-0.2, -0.15) is 0 Å². The van der Waals surface area contributed by atoms with Gasteiger partial charge in [-0.15, -0.1) is 11.6 Å². The van der Waals surface area contributed by atoms with Gasteiger partial charge < -0.3 is 0 Å². The molecule has 0 saturated heterocycles. The van der Waals surface area contributed by atoms with Gasteiger partial charge in [-0.3, -0.25) is 0 Å². The molecule has 0 aromatic heterocycles. The second-order valence-corrected chi connectivity index (χ2v) is 3.07. The van der Waals surface area contributed by atoms with Crippen molar-refractivity contribution < 1.29 is 0 Å². The second kappa shape index (κ2) is 3.26. The Hall–Kier alpha value is 0.0300. The van der Waals surface area contributed by atoms with Crippen LogP contribution in [0.3, 0.4) is 0 Å². The molecule has 0 amide bonds. The molecule has 9 heavy (non-hydrogen) atoms. The number of halogens is 1. The van der Waals surface area contributed by atoms with Crippen molar-refractivity contribution >= 4 is 11.6 Å². The summed E-state index contributed by atoms with van der Waals surface area (Å²) in [6, 6.07) is 0. The molecule has 0 heterocycles. The lowest BCUT2D eigenvalue weighted by atomic mass is 10.1. The Morgan fingerprint density at radius 2 is 2.56 bits per heavy atom. The Kier molecular flexibility index (Phi) is 2.59. The molecule has 0 bridgehead atoms. The second-order valence-electron chi connectivity index (χ2n) is 2.55. The van der Waals surface area contributed by atoms with Crippen molar-refractivity contribution in [1.82, 2.24) is 0 Å². The number of allylic oxidation sites excluding steroid dienone is 2. The first-order valence-corrected chi connectivity index (χ1v) is 4.11. The first-order valence-electron chi connectivity index (χ1n) is 3.67. The molecule has 0 saturated carbocycles. The summed E-state index contributed by atoms with van der Waals surface area (Å²) in [5.41, 5.74) is 1.47. The zero-order valence-corrected chi connectivity index (χ0v) is 6.62. The van der Waals surface area contributed by atoms with E-state index in [9.17, 15) is 0 Å². The quantitative estimate of drug-likeness (QED) is 0.413. The summed E-state index contributed by atoms with van der Waals surface area (Å²) in [6.45, 7) is 2.14. The van der Waals surface area contributed by atoms with Crippen LogP contribution in [0.2, 0.25) is 0 Å². The van der Waals surface area contributed by atoms with Gasteiger partial charge >= 0.3 is 0 Å². The van der Waals surface area contributed by atoms with E-state index in [4.69, 9.17) is 11.6 Å². The predicted octanol–water partition coefficient (Wildman–Crippen LogP) is 3.11. The van der Waals surface area contributed by atoms with E-state index in [1.54, 1.807) is 0 Å². The molecule has 1 rings (SSSR count). The van der Waals surface area contributed by atoms with Crippen LogP contribution in [-0.2, 0) is 0 Å². The number of alkyl halides is 1. The van der Waals surface area contributed by atoms with E-state index in [2.05, 4.69) is 13.0 Å². The van der Waals surface area contributed by atoms with Gasteiger partial charge in [-0.25, -0.2) is 0 Å². The summed E-state index contributed by atoms with van der Waals surface area (Å²) in [5, 5.41) is 0.326. The van der Waals surface area contributed by atoms with Crippen LogP contribution < -0.4 is 0 Å². The molecule has 1 atom stereocenters. The monoisotopic (exact) mass is 144 g/mol. The summed E-state index contributed by atoms with van der Waals surface area (Å²) in [7, 11) is 0. The lowest BCUT2D eigenvalue weighted by molar-refractivity contribution is 0.835. The minimum absolute atomic E-state index is 0.326. The Morgan fingerprint density at radius 3 is 3.00 bits per heavy atom. The van der Waals surface area contributed by atoms with Crippen molar-refractivity contribution in [1.29, 1.82) is 0 Å². The van der Waals surface area contributed by atoms with Crippen molar-refractivity contribution in [2.75, 3.05) is 0 Å². The fourth-order valence-electron chi connectivity index (χ4n) is 1.24. The number of hydrogen-bond acceptors (Lipinski definition) is 0. The van der Waals surface area contributed by atoms with Gasteiger partial charge in [-0.1, -0.05) is 18.6 Å². The fourth-order valence-corrected chi connectivity index (χ4v) is 1.44.